The molecule has 0 saturated heterocycles. The third-order valence-corrected chi connectivity index (χ3v) is 3.33. The van der Waals surface area contributed by atoms with Crippen LogP contribution in [0.3, 0.4) is 0 Å². The lowest BCUT2D eigenvalue weighted by Crippen LogP contribution is -2.18. The normalized spacial score (nSPS) is 12.2. The highest BCUT2D eigenvalue weighted by Crippen LogP contribution is 2.02. The van der Waals surface area contributed by atoms with Crippen LogP contribution in [0.25, 0.3) is 0 Å². The Kier molecular flexibility index (Phi) is 8.02. The summed E-state index contributed by atoms with van der Waals surface area (Å²) < 4.78 is 4.49. The van der Waals surface area contributed by atoms with Crippen molar-refractivity contribution in [2.24, 2.45) is 0 Å². The Labute approximate surface area is 128 Å². The zero-order valence-corrected chi connectivity index (χ0v) is 13.7. The van der Waals surface area contributed by atoms with Crippen LogP contribution >= 0.6 is 0 Å². The molecule has 0 aliphatic carbocycles. The molecule has 0 amide bonds. The lowest BCUT2D eigenvalue weighted by molar-refractivity contribution is -0.516. The molecule has 0 radical (unpaired) electrons. The van der Waals surface area contributed by atoms with E-state index in [-0.39, 0.29) is 0 Å². The van der Waals surface area contributed by atoms with Crippen LogP contribution in [0, 0.1) is 0 Å². The third kappa shape index (κ3) is 6.34. The van der Waals surface area contributed by atoms with Crippen LogP contribution in [-0.4, -0.2) is 52.7 Å². The average molecular weight is 288 g/mol. The van der Waals surface area contributed by atoms with Crippen molar-refractivity contribution in [1.29, 1.82) is 0 Å². The van der Waals surface area contributed by atoms with Gasteiger partial charge in [-0.05, 0) is 32.9 Å². The van der Waals surface area contributed by atoms with Gasteiger partial charge in [-0.2, -0.15) is 0 Å². The number of anilines is 1. The Bertz CT molecular complexity index is 495. The molecule has 4 heteroatoms. The number of aromatic nitrogens is 1. The highest BCUT2D eigenvalue weighted by atomic mass is 15.0. The van der Waals surface area contributed by atoms with Crippen molar-refractivity contribution < 1.29 is 9.15 Å². The van der Waals surface area contributed by atoms with Crippen LogP contribution in [0.5, 0.6) is 0 Å². The zero-order chi connectivity index (χ0) is 15.5. The minimum absolute atomic E-state index is 0.762. The van der Waals surface area contributed by atoms with Gasteiger partial charge in [0.2, 0.25) is 0 Å². The van der Waals surface area contributed by atoms with Crippen molar-refractivity contribution in [2.75, 3.05) is 31.5 Å². The van der Waals surface area contributed by atoms with Gasteiger partial charge >= 0.3 is 0 Å². The minimum Gasteiger partial charge on any atom is -0.366 e. The van der Waals surface area contributed by atoms with Crippen LogP contribution < -0.4 is 5.32 Å². The average Bonchev–Trinajstić information content (AvgIpc) is 2.55. The van der Waals surface area contributed by atoms with E-state index in [4.69, 9.17) is 0 Å². The Morgan fingerprint density at radius 1 is 1.19 bits per heavy atom. The smallest absolute Gasteiger partial charge is 0.179 e. The van der Waals surface area contributed by atoms with Crippen molar-refractivity contribution >= 4 is 18.2 Å². The van der Waals surface area contributed by atoms with E-state index in [1.807, 2.05) is 18.2 Å². The summed E-state index contributed by atoms with van der Waals surface area (Å²) in [7, 11) is 0. The van der Waals surface area contributed by atoms with E-state index in [0.29, 0.717) is 0 Å². The number of hydrogen-bond acceptors (Lipinski definition) is 2. The highest BCUT2D eigenvalue weighted by Gasteiger charge is 2.07. The lowest BCUT2D eigenvalue weighted by Gasteiger charge is -2.05. The van der Waals surface area contributed by atoms with Crippen molar-refractivity contribution in [3.05, 3.63) is 36.2 Å². The molecule has 0 atom stereocenters. The summed E-state index contributed by atoms with van der Waals surface area (Å²) in [6, 6.07) is 5.90. The maximum atomic E-state index is 4.30. The van der Waals surface area contributed by atoms with E-state index < -0.39 is 0 Å². The van der Waals surface area contributed by atoms with E-state index in [9.17, 15) is 0 Å². The second kappa shape index (κ2) is 9.86. The molecule has 1 rings (SSSR count). The first-order chi connectivity index (χ1) is 10.2. The molecule has 0 spiro atoms. The Morgan fingerprint density at radius 3 is 2.48 bits per heavy atom. The summed E-state index contributed by atoms with van der Waals surface area (Å²) in [5.41, 5.74) is 1.24. The van der Waals surface area contributed by atoms with E-state index in [2.05, 4.69) is 65.8 Å². The molecule has 114 valence electrons. The van der Waals surface area contributed by atoms with Gasteiger partial charge in [-0.3, -0.25) is 0 Å². The molecule has 0 unspecified atom stereocenters. The lowest BCUT2D eigenvalue weighted by atomic mass is 10.3. The molecule has 1 aromatic heterocycles. The van der Waals surface area contributed by atoms with Crippen molar-refractivity contribution in [3.8, 4) is 0 Å². The quantitative estimate of drug-likeness (QED) is 0.589. The molecule has 0 bridgehead atoms. The Balaban J connectivity index is 2.89. The predicted molar refractivity (Wildman–Crippen MR) is 90.8 cm³/mol. The highest BCUT2D eigenvalue weighted by molar-refractivity contribution is 5.75. The summed E-state index contributed by atoms with van der Waals surface area (Å²) in [5, 5.41) is 3.37. The first kappa shape index (κ1) is 17.1. The zero-order valence-electron chi connectivity index (χ0n) is 13.7. The fraction of sp³-hybridized carbons (Fsp3) is 0.471. The molecule has 0 aliphatic heterocycles. The van der Waals surface area contributed by atoms with E-state index in [1.54, 1.807) is 6.20 Å². The molecular weight excluding hydrogens is 260 g/mol. The Hall–Kier alpha value is -1.97. The summed E-state index contributed by atoms with van der Waals surface area (Å²) in [5.74, 6) is 0.903. The molecule has 1 aromatic rings. The van der Waals surface area contributed by atoms with Gasteiger partial charge in [0.05, 0.1) is 12.1 Å². The second-order valence-corrected chi connectivity index (χ2v) is 4.71. The largest absolute Gasteiger partial charge is 0.366 e. The SMILES string of the molecule is CC=[N+](/C=C(/C=[N+](CC)CC)CNc1ccccn1)CC. The van der Waals surface area contributed by atoms with E-state index in [0.717, 1.165) is 32.0 Å². The first-order valence-electron chi connectivity index (χ1n) is 7.73. The molecule has 0 fully saturated rings. The van der Waals surface area contributed by atoms with Gasteiger partial charge in [0.15, 0.2) is 12.4 Å². The molecule has 0 saturated carbocycles. The van der Waals surface area contributed by atoms with Crippen LogP contribution in [0.2, 0.25) is 0 Å². The van der Waals surface area contributed by atoms with Gasteiger partial charge in [0, 0.05) is 13.1 Å². The van der Waals surface area contributed by atoms with Crippen LogP contribution in [0.15, 0.2) is 36.2 Å². The molecule has 0 aliphatic rings. The number of pyridine rings is 1. The van der Waals surface area contributed by atoms with Gasteiger partial charge in [-0.15, -0.1) is 0 Å². The van der Waals surface area contributed by atoms with Crippen LogP contribution in [0.1, 0.15) is 27.7 Å². The van der Waals surface area contributed by atoms with E-state index >= 15 is 0 Å². The molecule has 0 aromatic carbocycles. The van der Waals surface area contributed by atoms with Gasteiger partial charge in [-0.25, -0.2) is 14.1 Å². The minimum atomic E-state index is 0.762. The molecule has 4 nitrogen and oxygen atoms in total. The predicted octanol–water partition coefficient (Wildman–Crippen LogP) is 2.62. The third-order valence-electron chi connectivity index (χ3n) is 3.33. The monoisotopic (exact) mass is 288 g/mol. The molecular formula is C17H28N4+2. The number of nitrogens with one attached hydrogen (secondary N) is 1. The standard InChI is InChI=1S/C17H28N4/c1-5-20(6-2)14-16(15-21(7-3)8-4)13-19-17-11-9-10-12-18-17/h5,9-12,14-15H,6-8,13H2,1-4H3,(H,18,19)/q+2/b16-14+,20-5?. The van der Waals surface area contributed by atoms with Gasteiger partial charge in [-0.1, -0.05) is 6.07 Å². The van der Waals surface area contributed by atoms with Crippen LogP contribution in [-0.2, 0) is 0 Å². The summed E-state index contributed by atoms with van der Waals surface area (Å²) in [6.07, 6.45) is 8.31. The van der Waals surface area contributed by atoms with Gasteiger partial charge in [0.1, 0.15) is 31.7 Å². The molecule has 1 heterocycles. The van der Waals surface area contributed by atoms with Crippen molar-refractivity contribution in [2.45, 2.75) is 27.7 Å². The first-order valence-corrected chi connectivity index (χ1v) is 7.73. The molecule has 21 heavy (non-hydrogen) atoms. The van der Waals surface area contributed by atoms with Crippen molar-refractivity contribution in [3.63, 3.8) is 0 Å². The van der Waals surface area contributed by atoms with Gasteiger partial charge in [0.25, 0.3) is 0 Å². The molecule has 1 N–H and O–H groups in total. The fourth-order valence-electron chi connectivity index (χ4n) is 1.99. The number of nitrogens with zero attached hydrogens (tertiary/aromatic N) is 3. The van der Waals surface area contributed by atoms with Crippen LogP contribution in [0.4, 0.5) is 5.82 Å². The van der Waals surface area contributed by atoms with Crippen molar-refractivity contribution in [1.82, 2.24) is 4.98 Å². The summed E-state index contributed by atoms with van der Waals surface area (Å²) in [6.45, 7) is 12.3. The van der Waals surface area contributed by atoms with Gasteiger partial charge < -0.3 is 5.32 Å². The summed E-state index contributed by atoms with van der Waals surface area (Å²) in [4.78, 5) is 4.30. The van der Waals surface area contributed by atoms with E-state index in [1.165, 1.54) is 5.57 Å². The summed E-state index contributed by atoms with van der Waals surface area (Å²) >= 11 is 0. The number of rotatable bonds is 8. The number of hydrogen-bond donors (Lipinski definition) is 1. The second-order valence-electron chi connectivity index (χ2n) is 4.71. The maximum absolute atomic E-state index is 4.30. The maximum Gasteiger partial charge on any atom is 0.179 e. The Morgan fingerprint density at radius 2 is 1.95 bits per heavy atom. The fourth-order valence-corrected chi connectivity index (χ4v) is 1.99. The topological polar surface area (TPSA) is 30.9 Å².